The van der Waals surface area contributed by atoms with Gasteiger partial charge in [-0.25, -0.2) is 4.98 Å². The van der Waals surface area contributed by atoms with E-state index in [9.17, 15) is 4.79 Å². The lowest BCUT2D eigenvalue weighted by molar-refractivity contribution is -0.119. The topological polar surface area (TPSA) is 42.0 Å². The fraction of sp³-hybridized carbons (Fsp3) is 0.300. The highest BCUT2D eigenvalue weighted by Gasteiger charge is 2.33. The van der Waals surface area contributed by atoms with Crippen molar-refractivity contribution in [3.05, 3.63) is 59.7 Å². The van der Waals surface area contributed by atoms with Crippen molar-refractivity contribution >= 4 is 39.2 Å². The molecule has 3 nitrogen and oxygen atoms in total. The fourth-order valence-corrected chi connectivity index (χ4v) is 4.81. The average Bonchev–Trinajstić information content (AvgIpc) is 3.37. The van der Waals surface area contributed by atoms with Crippen LogP contribution in [0.1, 0.15) is 30.0 Å². The average molecular weight is 369 g/mol. The maximum atomic E-state index is 12.5. The van der Waals surface area contributed by atoms with E-state index in [0.717, 1.165) is 9.86 Å². The molecule has 1 fully saturated rings. The fourth-order valence-electron chi connectivity index (χ4n) is 2.93. The Morgan fingerprint density at radius 1 is 1.24 bits per heavy atom. The minimum atomic E-state index is 0.0849. The first-order valence-electron chi connectivity index (χ1n) is 8.53. The number of rotatable bonds is 6. The predicted octanol–water partition coefficient (Wildman–Crippen LogP) is 4.96. The summed E-state index contributed by atoms with van der Waals surface area (Å²) in [7, 11) is 0. The number of nitrogens with zero attached hydrogens (tertiary/aromatic N) is 1. The largest absolute Gasteiger partial charge is 0.348 e. The number of aryl methyl sites for hydroxylation is 1. The number of carbonyl (C=O) groups is 1. The van der Waals surface area contributed by atoms with E-state index >= 15 is 0 Å². The molecule has 1 aliphatic rings. The second kappa shape index (κ2) is 7.18. The Morgan fingerprint density at radius 3 is 2.72 bits per heavy atom. The molecule has 0 saturated heterocycles. The smallest absolute Gasteiger partial charge is 0.230 e. The van der Waals surface area contributed by atoms with Crippen LogP contribution in [-0.4, -0.2) is 16.6 Å². The minimum Gasteiger partial charge on any atom is -0.348 e. The van der Waals surface area contributed by atoms with Crippen molar-refractivity contribution < 1.29 is 4.79 Å². The lowest BCUT2D eigenvalue weighted by Crippen LogP contribution is -2.31. The lowest BCUT2D eigenvalue weighted by atomic mass is 10.0. The van der Waals surface area contributed by atoms with Crippen molar-refractivity contribution in [3.63, 3.8) is 0 Å². The number of hydrogen-bond acceptors (Lipinski definition) is 4. The summed E-state index contributed by atoms with van der Waals surface area (Å²) < 4.78 is 2.12. The van der Waals surface area contributed by atoms with Crippen molar-refractivity contribution in [2.45, 2.75) is 30.1 Å². The zero-order chi connectivity index (χ0) is 17.2. The molecule has 5 heteroatoms. The van der Waals surface area contributed by atoms with E-state index in [1.54, 1.807) is 11.3 Å². The van der Waals surface area contributed by atoms with E-state index in [2.05, 4.69) is 47.6 Å². The van der Waals surface area contributed by atoms with Gasteiger partial charge >= 0.3 is 0 Å². The van der Waals surface area contributed by atoms with Crippen molar-refractivity contribution in [1.82, 2.24) is 10.3 Å². The molecular formula is C20H20N2OS2. The summed E-state index contributed by atoms with van der Waals surface area (Å²) >= 11 is 3.17. The van der Waals surface area contributed by atoms with Crippen molar-refractivity contribution in [3.8, 4) is 0 Å². The van der Waals surface area contributed by atoms with E-state index in [0.29, 0.717) is 11.7 Å². The molecule has 4 rings (SSSR count). The summed E-state index contributed by atoms with van der Waals surface area (Å²) in [6.45, 7) is 2.09. The van der Waals surface area contributed by atoms with Gasteiger partial charge < -0.3 is 5.32 Å². The van der Waals surface area contributed by atoms with E-state index < -0.39 is 0 Å². The Kier molecular flexibility index (Phi) is 4.77. The molecule has 1 aliphatic carbocycles. The van der Waals surface area contributed by atoms with Crippen LogP contribution in [0.4, 0.5) is 0 Å². The molecule has 0 spiro atoms. The molecule has 1 saturated carbocycles. The third-order valence-corrected chi connectivity index (χ3v) is 6.63. The van der Waals surface area contributed by atoms with Crippen LogP contribution in [0, 0.1) is 12.8 Å². The van der Waals surface area contributed by atoms with Gasteiger partial charge in [-0.3, -0.25) is 4.79 Å². The number of thioether (sulfide) groups is 1. The summed E-state index contributed by atoms with van der Waals surface area (Å²) in [6.07, 6.45) is 2.40. The maximum absolute atomic E-state index is 12.5. The lowest BCUT2D eigenvalue weighted by Gasteiger charge is -2.19. The molecule has 0 radical (unpaired) electrons. The summed E-state index contributed by atoms with van der Waals surface area (Å²) in [4.78, 5) is 17.0. The summed E-state index contributed by atoms with van der Waals surface area (Å²) in [6, 6.07) is 16.7. The molecule has 2 aromatic carbocycles. The van der Waals surface area contributed by atoms with E-state index in [-0.39, 0.29) is 11.9 Å². The molecule has 1 aromatic heterocycles. The number of amides is 1. The third-order valence-electron chi connectivity index (χ3n) is 4.45. The second-order valence-corrected chi connectivity index (χ2v) is 8.78. The molecule has 3 aromatic rings. The number of hydrogen-bond donors (Lipinski definition) is 1. The van der Waals surface area contributed by atoms with Crippen LogP contribution >= 0.6 is 23.1 Å². The van der Waals surface area contributed by atoms with Crippen LogP contribution < -0.4 is 5.32 Å². The van der Waals surface area contributed by atoms with Gasteiger partial charge in [-0.1, -0.05) is 53.7 Å². The molecule has 0 bridgehead atoms. The van der Waals surface area contributed by atoms with Gasteiger partial charge in [0.25, 0.3) is 0 Å². The molecule has 128 valence electrons. The third kappa shape index (κ3) is 4.05. The van der Waals surface area contributed by atoms with Crippen LogP contribution in [0.3, 0.4) is 0 Å². The Bertz CT molecular complexity index is 851. The maximum Gasteiger partial charge on any atom is 0.230 e. The molecule has 1 unspecified atom stereocenters. The predicted molar refractivity (Wildman–Crippen MR) is 105 cm³/mol. The van der Waals surface area contributed by atoms with Gasteiger partial charge in [-0.05, 0) is 43.4 Å². The van der Waals surface area contributed by atoms with Crippen LogP contribution in [-0.2, 0) is 4.79 Å². The van der Waals surface area contributed by atoms with Crippen molar-refractivity contribution in [1.29, 1.82) is 0 Å². The van der Waals surface area contributed by atoms with Gasteiger partial charge in [-0.15, -0.1) is 11.3 Å². The number of fused-ring (bicyclic) bond motifs is 1. The van der Waals surface area contributed by atoms with Crippen molar-refractivity contribution in [2.24, 2.45) is 5.92 Å². The first-order chi connectivity index (χ1) is 12.2. The molecule has 1 heterocycles. The summed E-state index contributed by atoms with van der Waals surface area (Å²) in [5.41, 5.74) is 3.47. The monoisotopic (exact) mass is 368 g/mol. The number of thiazole rings is 1. The standard InChI is InChI=1S/C20H20N2OS2/c1-13-6-8-14(9-7-13)19(15-10-11-15)22-18(23)12-24-20-21-16-4-2-3-5-17(16)25-20/h2-9,15,19H,10-12H2,1H3,(H,22,23). The summed E-state index contributed by atoms with van der Waals surface area (Å²) in [5.74, 6) is 1.08. The molecule has 1 amide bonds. The first-order valence-corrected chi connectivity index (χ1v) is 10.3. The second-order valence-electron chi connectivity index (χ2n) is 6.53. The highest BCUT2D eigenvalue weighted by Crippen LogP contribution is 2.41. The van der Waals surface area contributed by atoms with Gasteiger partial charge in [0.05, 0.1) is 22.0 Å². The molecule has 1 atom stereocenters. The molecule has 1 N–H and O–H groups in total. The first kappa shape index (κ1) is 16.6. The molecular weight excluding hydrogens is 348 g/mol. The Balaban J connectivity index is 1.39. The van der Waals surface area contributed by atoms with Gasteiger partial charge in [0.15, 0.2) is 4.34 Å². The molecule has 0 aliphatic heterocycles. The number of para-hydroxylation sites is 1. The van der Waals surface area contributed by atoms with Gasteiger partial charge in [0, 0.05) is 0 Å². The summed E-state index contributed by atoms with van der Waals surface area (Å²) in [5, 5.41) is 3.24. The van der Waals surface area contributed by atoms with Crippen LogP contribution in [0.25, 0.3) is 10.2 Å². The minimum absolute atomic E-state index is 0.0849. The van der Waals surface area contributed by atoms with E-state index in [1.165, 1.54) is 40.4 Å². The van der Waals surface area contributed by atoms with E-state index in [4.69, 9.17) is 0 Å². The number of benzene rings is 2. The Labute approximate surface area is 155 Å². The van der Waals surface area contributed by atoms with Gasteiger partial charge in [-0.2, -0.15) is 0 Å². The quantitative estimate of drug-likeness (QED) is 0.625. The number of carbonyl (C=O) groups excluding carboxylic acids is 1. The van der Waals surface area contributed by atoms with Gasteiger partial charge in [0.1, 0.15) is 0 Å². The normalized spacial score (nSPS) is 15.2. The highest BCUT2D eigenvalue weighted by molar-refractivity contribution is 8.01. The zero-order valence-corrected chi connectivity index (χ0v) is 15.7. The van der Waals surface area contributed by atoms with E-state index in [1.807, 2.05) is 18.2 Å². The Morgan fingerprint density at radius 2 is 2.00 bits per heavy atom. The van der Waals surface area contributed by atoms with Crippen LogP contribution in [0.15, 0.2) is 52.9 Å². The highest BCUT2D eigenvalue weighted by atomic mass is 32.2. The van der Waals surface area contributed by atoms with Crippen molar-refractivity contribution in [2.75, 3.05) is 5.75 Å². The van der Waals surface area contributed by atoms with Crippen LogP contribution in [0.5, 0.6) is 0 Å². The Hall–Kier alpha value is -1.85. The zero-order valence-electron chi connectivity index (χ0n) is 14.1. The van der Waals surface area contributed by atoms with Crippen LogP contribution in [0.2, 0.25) is 0 Å². The van der Waals surface area contributed by atoms with Gasteiger partial charge in [0.2, 0.25) is 5.91 Å². The number of aromatic nitrogens is 1. The number of nitrogens with one attached hydrogen (secondary N) is 1. The molecule has 25 heavy (non-hydrogen) atoms. The SMILES string of the molecule is Cc1ccc(C(NC(=O)CSc2nc3ccccc3s2)C2CC2)cc1.